The van der Waals surface area contributed by atoms with Gasteiger partial charge in [-0.2, -0.15) is 0 Å². The van der Waals surface area contributed by atoms with Crippen LogP contribution in [0.25, 0.3) is 0 Å². The Labute approximate surface area is 195 Å². The Balaban J connectivity index is 0.00000199. The summed E-state index contributed by atoms with van der Waals surface area (Å²) < 4.78 is 41.8. The fourth-order valence-corrected chi connectivity index (χ4v) is 3.43. The van der Waals surface area contributed by atoms with E-state index in [0.717, 1.165) is 10.9 Å². The number of benzene rings is 1. The topological polar surface area (TPSA) is 104 Å². The summed E-state index contributed by atoms with van der Waals surface area (Å²) in [6, 6.07) is 0.606. The first-order valence-corrected chi connectivity index (χ1v) is 10.9. The van der Waals surface area contributed by atoms with Crippen molar-refractivity contribution in [3.63, 3.8) is 0 Å². The van der Waals surface area contributed by atoms with Crippen molar-refractivity contribution in [1.82, 2.24) is 14.9 Å². The average Bonchev–Trinajstić information content (AvgIpc) is 2.82. The molecule has 0 saturated carbocycles. The van der Waals surface area contributed by atoms with Crippen LogP contribution in [0.3, 0.4) is 0 Å². The molecule has 1 aliphatic rings. The summed E-state index contributed by atoms with van der Waals surface area (Å²) in [4.78, 5) is 39.5. The number of halogens is 3. The molecule has 0 fully saturated rings. The van der Waals surface area contributed by atoms with Gasteiger partial charge in [-0.3, -0.25) is 19.1 Å². The van der Waals surface area contributed by atoms with Crippen LogP contribution in [-0.2, 0) is 6.54 Å². The lowest BCUT2D eigenvalue weighted by Crippen LogP contribution is -2.39. The summed E-state index contributed by atoms with van der Waals surface area (Å²) in [6.07, 6.45) is 2.39. The van der Waals surface area contributed by atoms with Crippen LogP contribution in [0, 0.1) is 17.5 Å². The predicted octanol–water partition coefficient (Wildman–Crippen LogP) is 3.11. The van der Waals surface area contributed by atoms with Crippen molar-refractivity contribution >= 4 is 11.8 Å². The Kier molecular flexibility index (Phi) is 8.72. The number of rotatable bonds is 3. The van der Waals surface area contributed by atoms with E-state index in [0.29, 0.717) is 25.0 Å². The third-order valence-corrected chi connectivity index (χ3v) is 5.52. The van der Waals surface area contributed by atoms with Crippen LogP contribution < -0.4 is 16.2 Å². The minimum absolute atomic E-state index is 0.156. The molecule has 2 amide bonds. The molecule has 0 aliphatic carbocycles. The third kappa shape index (κ3) is 5.52. The molecule has 2 aromatic rings. The highest BCUT2D eigenvalue weighted by Gasteiger charge is 2.30. The number of carbonyl (C=O) groups is 2. The number of carbonyl (C=O) groups excluding carboxylic acids is 2. The number of aromatic hydroxyl groups is 1. The predicted molar refractivity (Wildman–Crippen MR) is 121 cm³/mol. The van der Waals surface area contributed by atoms with Gasteiger partial charge in [-0.25, -0.2) is 13.2 Å². The van der Waals surface area contributed by atoms with Gasteiger partial charge < -0.3 is 20.7 Å². The molecular weight excluding hydrogens is 453 g/mol. The van der Waals surface area contributed by atoms with Crippen LogP contribution in [-0.4, -0.2) is 45.6 Å². The molecule has 3 rings (SSSR count). The highest BCUT2D eigenvalue weighted by Crippen LogP contribution is 2.21. The number of aromatic nitrogens is 1. The Morgan fingerprint density at radius 2 is 1.74 bits per heavy atom. The maximum Gasteiger partial charge on any atom is 0.276 e. The molecule has 0 radical (unpaired) electrons. The average molecular weight is 483 g/mol. The zero-order valence-corrected chi connectivity index (χ0v) is 19.7. The first-order valence-electron chi connectivity index (χ1n) is 10.9. The lowest BCUT2D eigenvalue weighted by molar-refractivity contribution is 0.0724. The van der Waals surface area contributed by atoms with Gasteiger partial charge in [0.15, 0.2) is 11.4 Å². The van der Waals surface area contributed by atoms with Gasteiger partial charge in [0.2, 0.25) is 5.43 Å². The number of pyridine rings is 1. The largest absolute Gasteiger partial charge is 0.502 e. The van der Waals surface area contributed by atoms with Crippen LogP contribution in [0.4, 0.5) is 13.2 Å². The minimum atomic E-state index is -1.20. The maximum absolute atomic E-state index is 13.8. The summed E-state index contributed by atoms with van der Waals surface area (Å²) in [7, 11) is 1.55. The second-order valence-corrected chi connectivity index (χ2v) is 7.84. The summed E-state index contributed by atoms with van der Waals surface area (Å²) in [6.45, 7) is 7.01. The molecule has 2 atom stereocenters. The van der Waals surface area contributed by atoms with E-state index in [1.807, 2.05) is 27.7 Å². The van der Waals surface area contributed by atoms with Crippen LogP contribution in [0.1, 0.15) is 66.9 Å². The monoisotopic (exact) mass is 482 g/mol. The summed E-state index contributed by atoms with van der Waals surface area (Å²) in [5, 5.41) is 12.7. The summed E-state index contributed by atoms with van der Waals surface area (Å²) in [5.74, 6) is -6.09. The van der Waals surface area contributed by atoms with Crippen molar-refractivity contribution in [2.24, 2.45) is 0 Å². The molecule has 0 spiro atoms. The van der Waals surface area contributed by atoms with Crippen molar-refractivity contribution in [2.45, 2.75) is 59.2 Å². The van der Waals surface area contributed by atoms with Crippen molar-refractivity contribution in [1.29, 1.82) is 0 Å². The van der Waals surface area contributed by atoms with E-state index in [1.165, 1.54) is 4.90 Å². The SMILES string of the molecule is CC.CC1CCC(C)N(C)C(=O)c2c(O)c(=O)c(C(=O)NCc3c(F)cc(F)cc3F)cn2N1. The van der Waals surface area contributed by atoms with Gasteiger partial charge >= 0.3 is 0 Å². The van der Waals surface area contributed by atoms with Gasteiger partial charge in [-0.05, 0) is 26.7 Å². The van der Waals surface area contributed by atoms with Crippen LogP contribution >= 0.6 is 0 Å². The normalized spacial score (nSPS) is 17.9. The van der Waals surface area contributed by atoms with Gasteiger partial charge in [-0.15, -0.1) is 0 Å². The van der Waals surface area contributed by atoms with Gasteiger partial charge in [-0.1, -0.05) is 13.8 Å². The summed E-state index contributed by atoms with van der Waals surface area (Å²) >= 11 is 0. The van der Waals surface area contributed by atoms with E-state index in [2.05, 4.69) is 10.7 Å². The van der Waals surface area contributed by atoms with Crippen LogP contribution in [0.15, 0.2) is 23.1 Å². The molecule has 2 unspecified atom stereocenters. The molecule has 11 heteroatoms. The van der Waals surface area contributed by atoms with Crippen molar-refractivity contribution in [2.75, 3.05) is 12.5 Å². The Morgan fingerprint density at radius 3 is 2.32 bits per heavy atom. The first kappa shape index (κ1) is 26.7. The molecule has 2 heterocycles. The van der Waals surface area contributed by atoms with Gasteiger partial charge in [0, 0.05) is 49.6 Å². The first-order chi connectivity index (χ1) is 16.0. The van der Waals surface area contributed by atoms with Gasteiger partial charge in [0.05, 0.1) is 0 Å². The van der Waals surface area contributed by atoms with Crippen molar-refractivity contribution in [3.8, 4) is 5.75 Å². The standard InChI is InChI=1S/C21H23F3N4O4.C2H6/c1-10-4-5-11(2)27(3)21(32)17-19(30)18(29)14(9-28(17)26-10)20(31)25-8-13-15(23)6-12(22)7-16(13)24;1-2/h6-7,9-11,26,30H,4-5,8H2,1-3H3,(H,25,31);1-2H3. The fourth-order valence-electron chi connectivity index (χ4n) is 3.43. The number of nitrogens with zero attached hydrogens (tertiary/aromatic N) is 2. The highest BCUT2D eigenvalue weighted by atomic mass is 19.1. The molecular formula is C23H29F3N4O4. The van der Waals surface area contributed by atoms with E-state index in [-0.39, 0.29) is 17.8 Å². The minimum Gasteiger partial charge on any atom is -0.502 e. The molecule has 3 N–H and O–H groups in total. The molecule has 1 aliphatic heterocycles. The van der Waals surface area contributed by atoms with E-state index in [9.17, 15) is 32.7 Å². The second kappa shape index (κ2) is 11.1. The Hall–Kier alpha value is -3.50. The molecule has 186 valence electrons. The number of nitrogens with one attached hydrogen (secondary N) is 2. The maximum atomic E-state index is 13.8. The molecule has 34 heavy (non-hydrogen) atoms. The zero-order chi connectivity index (χ0) is 25.7. The highest BCUT2D eigenvalue weighted by molar-refractivity contribution is 5.98. The van der Waals surface area contributed by atoms with E-state index in [1.54, 1.807) is 7.05 Å². The number of hydrogen-bond donors (Lipinski definition) is 3. The Bertz CT molecular complexity index is 1110. The van der Waals surface area contributed by atoms with Crippen LogP contribution in [0.5, 0.6) is 5.75 Å². The Morgan fingerprint density at radius 1 is 1.15 bits per heavy atom. The zero-order valence-electron chi connectivity index (χ0n) is 19.7. The van der Waals surface area contributed by atoms with E-state index < -0.39 is 58.1 Å². The lowest BCUT2D eigenvalue weighted by Gasteiger charge is -2.25. The van der Waals surface area contributed by atoms with Gasteiger partial charge in [0.1, 0.15) is 23.0 Å². The number of hydrogen-bond acceptors (Lipinski definition) is 5. The van der Waals surface area contributed by atoms with Crippen molar-refractivity contribution < 1.29 is 27.9 Å². The van der Waals surface area contributed by atoms with E-state index in [4.69, 9.17) is 0 Å². The van der Waals surface area contributed by atoms with Crippen LogP contribution in [0.2, 0.25) is 0 Å². The second-order valence-electron chi connectivity index (χ2n) is 7.84. The molecule has 0 bridgehead atoms. The molecule has 1 aromatic carbocycles. The van der Waals surface area contributed by atoms with E-state index >= 15 is 0 Å². The lowest BCUT2D eigenvalue weighted by atomic mass is 10.1. The third-order valence-electron chi connectivity index (χ3n) is 5.52. The fraction of sp³-hybridized carbons (Fsp3) is 0.435. The number of amides is 2. The summed E-state index contributed by atoms with van der Waals surface area (Å²) in [5.41, 5.74) is 0.384. The smallest absolute Gasteiger partial charge is 0.276 e. The van der Waals surface area contributed by atoms with Gasteiger partial charge in [0.25, 0.3) is 11.8 Å². The molecule has 1 aromatic heterocycles. The molecule has 0 saturated heterocycles. The quantitative estimate of drug-likeness (QED) is 0.624. The van der Waals surface area contributed by atoms with Crippen molar-refractivity contribution in [3.05, 3.63) is 62.8 Å². The molecule has 8 nitrogen and oxygen atoms in total. The number of fused-ring (bicyclic) bond motifs is 1.